The summed E-state index contributed by atoms with van der Waals surface area (Å²) in [5.74, 6) is -2.72. The lowest BCUT2D eigenvalue weighted by molar-refractivity contribution is 0.235. The number of halogens is 2. The van der Waals surface area contributed by atoms with Crippen molar-refractivity contribution in [1.29, 1.82) is 0 Å². The standard InChI is InChI=1S/C14H19F2NO2S/c1-10-6-8-11(9-7-10)17-12-4-2-3-5-13(12)20(18,19)14(15)16/h2-5,10-11,14,17H,6-9H2,1H3. The molecule has 1 saturated carbocycles. The van der Waals surface area contributed by atoms with E-state index < -0.39 is 15.6 Å². The molecule has 0 spiro atoms. The maximum atomic E-state index is 12.7. The number of rotatable bonds is 4. The summed E-state index contributed by atoms with van der Waals surface area (Å²) >= 11 is 0. The lowest BCUT2D eigenvalue weighted by Gasteiger charge is -2.28. The monoisotopic (exact) mass is 303 g/mol. The van der Waals surface area contributed by atoms with Gasteiger partial charge in [-0.05, 0) is 43.7 Å². The van der Waals surface area contributed by atoms with Crippen LogP contribution in [0.4, 0.5) is 14.5 Å². The zero-order chi connectivity index (χ0) is 14.8. The van der Waals surface area contributed by atoms with E-state index in [2.05, 4.69) is 12.2 Å². The second kappa shape index (κ2) is 6.08. The smallest absolute Gasteiger partial charge is 0.341 e. The normalized spacial score (nSPS) is 23.8. The number of benzene rings is 1. The molecule has 1 aliphatic rings. The Morgan fingerprint density at radius 2 is 1.75 bits per heavy atom. The summed E-state index contributed by atoms with van der Waals surface area (Å²) in [6.07, 6.45) is 4.01. The zero-order valence-corrected chi connectivity index (χ0v) is 12.2. The Morgan fingerprint density at radius 1 is 1.15 bits per heavy atom. The zero-order valence-electron chi connectivity index (χ0n) is 11.4. The molecule has 112 valence electrons. The Morgan fingerprint density at radius 3 is 2.35 bits per heavy atom. The maximum absolute atomic E-state index is 12.7. The first-order valence-corrected chi connectivity index (χ1v) is 8.33. The molecule has 0 aromatic heterocycles. The molecule has 1 aliphatic carbocycles. The van der Waals surface area contributed by atoms with Gasteiger partial charge in [0, 0.05) is 6.04 Å². The average Bonchev–Trinajstić information content (AvgIpc) is 2.41. The van der Waals surface area contributed by atoms with E-state index in [1.54, 1.807) is 12.1 Å². The predicted octanol–water partition coefficient (Wildman–Crippen LogP) is 3.67. The maximum Gasteiger partial charge on any atom is 0.341 e. The van der Waals surface area contributed by atoms with Crippen molar-refractivity contribution in [2.75, 3.05) is 5.32 Å². The third-order valence-corrected chi connectivity index (χ3v) is 5.24. The third-order valence-electron chi connectivity index (χ3n) is 3.80. The van der Waals surface area contributed by atoms with Gasteiger partial charge < -0.3 is 5.32 Å². The number of nitrogens with one attached hydrogen (secondary N) is 1. The minimum atomic E-state index is -4.56. The molecule has 1 aromatic rings. The highest BCUT2D eigenvalue weighted by Gasteiger charge is 2.29. The van der Waals surface area contributed by atoms with Crippen LogP contribution in [0.25, 0.3) is 0 Å². The number of sulfone groups is 1. The van der Waals surface area contributed by atoms with Crippen LogP contribution in [0.2, 0.25) is 0 Å². The number of alkyl halides is 2. The van der Waals surface area contributed by atoms with Gasteiger partial charge in [-0.3, -0.25) is 0 Å². The minimum Gasteiger partial charge on any atom is -0.381 e. The van der Waals surface area contributed by atoms with Crippen molar-refractivity contribution in [2.45, 2.75) is 49.3 Å². The van der Waals surface area contributed by atoms with Crippen molar-refractivity contribution in [3.8, 4) is 0 Å². The Kier molecular flexibility index (Phi) is 4.62. The minimum absolute atomic E-state index is 0.153. The Balaban J connectivity index is 2.21. The Hall–Kier alpha value is -1.17. The first kappa shape index (κ1) is 15.2. The highest BCUT2D eigenvalue weighted by Crippen LogP contribution is 2.30. The van der Waals surface area contributed by atoms with Gasteiger partial charge in [0.25, 0.3) is 0 Å². The molecule has 0 amide bonds. The molecule has 0 heterocycles. The first-order valence-electron chi connectivity index (χ1n) is 6.79. The van der Waals surface area contributed by atoms with Gasteiger partial charge in [0.05, 0.1) is 10.6 Å². The Bertz CT molecular complexity index is 552. The highest BCUT2D eigenvalue weighted by molar-refractivity contribution is 7.91. The molecule has 1 fully saturated rings. The number of para-hydroxylation sites is 1. The second-order valence-electron chi connectivity index (χ2n) is 5.40. The number of hydrogen-bond donors (Lipinski definition) is 1. The third kappa shape index (κ3) is 3.29. The van der Waals surface area contributed by atoms with Crippen LogP contribution in [0.3, 0.4) is 0 Å². The topological polar surface area (TPSA) is 46.2 Å². The van der Waals surface area contributed by atoms with Crippen molar-refractivity contribution in [1.82, 2.24) is 0 Å². The molecule has 0 aliphatic heterocycles. The van der Waals surface area contributed by atoms with E-state index in [9.17, 15) is 17.2 Å². The second-order valence-corrected chi connectivity index (χ2v) is 7.29. The van der Waals surface area contributed by atoms with Gasteiger partial charge in [-0.15, -0.1) is 0 Å². The molecule has 0 atom stereocenters. The summed E-state index contributed by atoms with van der Waals surface area (Å²) in [6, 6.07) is 6.05. The van der Waals surface area contributed by atoms with E-state index in [0.29, 0.717) is 5.92 Å². The molecule has 1 N–H and O–H groups in total. The number of anilines is 1. The van der Waals surface area contributed by atoms with Crippen LogP contribution in [0.15, 0.2) is 29.2 Å². The average molecular weight is 303 g/mol. The van der Waals surface area contributed by atoms with Gasteiger partial charge in [0.2, 0.25) is 9.84 Å². The first-order chi connectivity index (χ1) is 9.41. The Labute approximate surface area is 118 Å². The SMILES string of the molecule is CC1CCC(Nc2ccccc2S(=O)(=O)C(F)F)CC1. The van der Waals surface area contributed by atoms with Crippen LogP contribution in [0.5, 0.6) is 0 Å². The summed E-state index contributed by atoms with van der Waals surface area (Å²) in [6.45, 7) is 2.19. The molecule has 0 radical (unpaired) electrons. The molecule has 6 heteroatoms. The molecule has 20 heavy (non-hydrogen) atoms. The summed E-state index contributed by atoms with van der Waals surface area (Å²) < 4.78 is 48.7. The van der Waals surface area contributed by atoms with Crippen LogP contribution in [0.1, 0.15) is 32.6 Å². The van der Waals surface area contributed by atoms with E-state index in [4.69, 9.17) is 0 Å². The molecule has 0 bridgehead atoms. The van der Waals surface area contributed by atoms with Crippen molar-refractivity contribution >= 4 is 15.5 Å². The molecular formula is C14H19F2NO2S. The van der Waals surface area contributed by atoms with Crippen LogP contribution in [0, 0.1) is 5.92 Å². The summed E-state index contributed by atoms with van der Waals surface area (Å²) in [7, 11) is -4.56. The van der Waals surface area contributed by atoms with E-state index >= 15 is 0 Å². The predicted molar refractivity (Wildman–Crippen MR) is 74.7 cm³/mol. The summed E-state index contributed by atoms with van der Waals surface area (Å²) in [5, 5.41) is 3.12. The van der Waals surface area contributed by atoms with E-state index in [-0.39, 0.29) is 16.6 Å². The lowest BCUT2D eigenvalue weighted by atomic mass is 9.87. The highest BCUT2D eigenvalue weighted by atomic mass is 32.2. The summed E-state index contributed by atoms with van der Waals surface area (Å²) in [5.41, 5.74) is 0.285. The van der Waals surface area contributed by atoms with E-state index in [1.807, 2.05) is 0 Å². The molecule has 0 unspecified atom stereocenters. The van der Waals surface area contributed by atoms with Gasteiger partial charge in [0.1, 0.15) is 0 Å². The molecule has 0 saturated heterocycles. The van der Waals surface area contributed by atoms with Crippen molar-refractivity contribution in [2.24, 2.45) is 5.92 Å². The van der Waals surface area contributed by atoms with Crippen molar-refractivity contribution in [3.63, 3.8) is 0 Å². The molecule has 2 rings (SSSR count). The molecule has 3 nitrogen and oxygen atoms in total. The molecule has 1 aromatic carbocycles. The van der Waals surface area contributed by atoms with Gasteiger partial charge in [-0.1, -0.05) is 19.1 Å². The summed E-state index contributed by atoms with van der Waals surface area (Å²) in [4.78, 5) is -0.311. The fourth-order valence-corrected chi connectivity index (χ4v) is 3.45. The fourth-order valence-electron chi connectivity index (χ4n) is 2.55. The van der Waals surface area contributed by atoms with Gasteiger partial charge in [-0.2, -0.15) is 8.78 Å². The fraction of sp³-hybridized carbons (Fsp3) is 0.571. The number of hydrogen-bond acceptors (Lipinski definition) is 3. The quantitative estimate of drug-likeness (QED) is 0.923. The van der Waals surface area contributed by atoms with Crippen molar-refractivity contribution < 1.29 is 17.2 Å². The van der Waals surface area contributed by atoms with Crippen LogP contribution in [-0.2, 0) is 9.84 Å². The van der Waals surface area contributed by atoms with Crippen LogP contribution in [-0.4, -0.2) is 20.2 Å². The van der Waals surface area contributed by atoms with Gasteiger partial charge in [0.15, 0.2) is 0 Å². The van der Waals surface area contributed by atoms with Crippen molar-refractivity contribution in [3.05, 3.63) is 24.3 Å². The van der Waals surface area contributed by atoms with E-state index in [0.717, 1.165) is 25.7 Å². The van der Waals surface area contributed by atoms with Gasteiger partial charge >= 0.3 is 5.76 Å². The largest absolute Gasteiger partial charge is 0.381 e. The van der Waals surface area contributed by atoms with Crippen LogP contribution >= 0.6 is 0 Å². The molecular weight excluding hydrogens is 284 g/mol. The van der Waals surface area contributed by atoms with E-state index in [1.165, 1.54) is 12.1 Å². The lowest BCUT2D eigenvalue weighted by Crippen LogP contribution is -2.26. The van der Waals surface area contributed by atoms with Crippen LogP contribution < -0.4 is 5.32 Å². The van der Waals surface area contributed by atoms with Gasteiger partial charge in [-0.25, -0.2) is 8.42 Å².